The fraction of sp³-hybridized carbons (Fsp3) is 0.188. The number of para-hydroxylation sites is 1. The first-order chi connectivity index (χ1) is 9.74. The van der Waals surface area contributed by atoms with Crippen LogP contribution in [0.25, 0.3) is 0 Å². The van der Waals surface area contributed by atoms with E-state index in [1.807, 2.05) is 61.5 Å². The molecule has 2 rings (SSSR count). The number of aryl methyl sites for hydroxylation is 1. The van der Waals surface area contributed by atoms with Gasteiger partial charge in [-0.1, -0.05) is 35.9 Å². The number of nitrogens with zero attached hydrogens (tertiary/aromatic N) is 1. The Balaban J connectivity index is 0.00000220. The van der Waals surface area contributed by atoms with Gasteiger partial charge in [0, 0.05) is 5.69 Å². The van der Waals surface area contributed by atoms with Crippen molar-refractivity contribution in [2.75, 3.05) is 18.5 Å². The van der Waals surface area contributed by atoms with Crippen molar-refractivity contribution in [1.82, 2.24) is 0 Å². The minimum absolute atomic E-state index is 0. The van der Waals surface area contributed by atoms with E-state index in [2.05, 4.69) is 10.3 Å². The lowest BCUT2D eigenvalue weighted by molar-refractivity contribution is 0.329. The Hall–Kier alpha value is -1.76. The molecular formula is C16H20IN3O. The number of halogens is 1. The van der Waals surface area contributed by atoms with Gasteiger partial charge in [-0.3, -0.25) is 0 Å². The van der Waals surface area contributed by atoms with E-state index in [1.165, 1.54) is 5.56 Å². The molecule has 0 aliphatic rings. The van der Waals surface area contributed by atoms with E-state index < -0.39 is 0 Å². The molecule has 0 aliphatic heterocycles. The first kappa shape index (κ1) is 17.3. The summed E-state index contributed by atoms with van der Waals surface area (Å²) in [4.78, 5) is 4.22. The summed E-state index contributed by atoms with van der Waals surface area (Å²) >= 11 is 0. The fourth-order valence-corrected chi connectivity index (χ4v) is 1.67. The van der Waals surface area contributed by atoms with Gasteiger partial charge < -0.3 is 15.8 Å². The second kappa shape index (κ2) is 9.23. The van der Waals surface area contributed by atoms with Crippen LogP contribution in [0.5, 0.6) is 5.75 Å². The van der Waals surface area contributed by atoms with Gasteiger partial charge in [0.05, 0.1) is 6.54 Å². The van der Waals surface area contributed by atoms with Crippen LogP contribution in [0, 0.1) is 6.92 Å². The number of rotatable bonds is 5. The minimum Gasteiger partial charge on any atom is -0.492 e. The van der Waals surface area contributed by atoms with Crippen LogP contribution in [0.1, 0.15) is 5.56 Å². The Bertz CT molecular complexity index is 555. The maximum atomic E-state index is 5.81. The molecule has 0 heterocycles. The van der Waals surface area contributed by atoms with Crippen molar-refractivity contribution >= 4 is 35.6 Å². The number of aliphatic imine (C=N–C) groups is 1. The highest BCUT2D eigenvalue weighted by Crippen LogP contribution is 2.08. The van der Waals surface area contributed by atoms with Crippen molar-refractivity contribution in [3.8, 4) is 5.75 Å². The van der Waals surface area contributed by atoms with Crippen LogP contribution in [-0.2, 0) is 0 Å². The number of ether oxygens (including phenoxy) is 1. The predicted molar refractivity (Wildman–Crippen MR) is 98.6 cm³/mol. The van der Waals surface area contributed by atoms with E-state index >= 15 is 0 Å². The molecule has 0 fully saturated rings. The number of anilines is 1. The van der Waals surface area contributed by atoms with Gasteiger partial charge in [0.25, 0.3) is 0 Å². The van der Waals surface area contributed by atoms with Gasteiger partial charge in [0.15, 0.2) is 5.96 Å². The molecule has 5 heteroatoms. The highest BCUT2D eigenvalue weighted by molar-refractivity contribution is 14.0. The molecule has 0 saturated carbocycles. The van der Waals surface area contributed by atoms with Gasteiger partial charge in [-0.2, -0.15) is 0 Å². The first-order valence-electron chi connectivity index (χ1n) is 6.55. The van der Waals surface area contributed by atoms with Gasteiger partial charge >= 0.3 is 0 Å². The average Bonchev–Trinajstić information content (AvgIpc) is 2.47. The molecule has 0 atom stereocenters. The van der Waals surface area contributed by atoms with E-state index in [0.29, 0.717) is 19.1 Å². The molecule has 3 N–H and O–H groups in total. The summed E-state index contributed by atoms with van der Waals surface area (Å²) in [7, 11) is 0. The molecule has 2 aromatic rings. The number of nitrogens with one attached hydrogen (secondary N) is 1. The van der Waals surface area contributed by atoms with E-state index in [-0.39, 0.29) is 24.0 Å². The van der Waals surface area contributed by atoms with Crippen molar-refractivity contribution in [2.45, 2.75) is 6.92 Å². The van der Waals surface area contributed by atoms with Crippen LogP contribution in [-0.4, -0.2) is 19.1 Å². The zero-order valence-electron chi connectivity index (χ0n) is 12.0. The van der Waals surface area contributed by atoms with Gasteiger partial charge in [0.1, 0.15) is 12.4 Å². The van der Waals surface area contributed by atoms with Gasteiger partial charge in [-0.05, 0) is 31.2 Å². The number of hydrogen-bond donors (Lipinski definition) is 2. The number of nitrogens with two attached hydrogens (primary N) is 1. The van der Waals surface area contributed by atoms with Gasteiger partial charge in [-0.15, -0.1) is 24.0 Å². The summed E-state index contributed by atoms with van der Waals surface area (Å²) in [5.41, 5.74) is 7.95. The predicted octanol–water partition coefficient (Wildman–Crippen LogP) is 3.42. The Morgan fingerprint density at radius 2 is 1.76 bits per heavy atom. The van der Waals surface area contributed by atoms with E-state index in [0.717, 1.165) is 11.4 Å². The largest absolute Gasteiger partial charge is 0.492 e. The first-order valence-corrected chi connectivity index (χ1v) is 6.55. The SMILES string of the molecule is Cc1ccc(NC(N)=NCCOc2ccccc2)cc1.I. The number of benzene rings is 2. The standard InChI is InChI=1S/C16H19N3O.HI/c1-13-7-9-14(10-8-13)19-16(17)18-11-12-20-15-5-3-2-4-6-15;/h2-10H,11-12H2,1H3,(H3,17,18,19);1H. The second-order valence-corrected chi connectivity index (χ2v) is 4.42. The van der Waals surface area contributed by atoms with E-state index in [1.54, 1.807) is 0 Å². The lowest BCUT2D eigenvalue weighted by atomic mass is 10.2. The van der Waals surface area contributed by atoms with Crippen molar-refractivity contribution < 1.29 is 4.74 Å². The molecule has 21 heavy (non-hydrogen) atoms. The molecule has 0 aromatic heterocycles. The zero-order chi connectivity index (χ0) is 14.2. The molecule has 112 valence electrons. The van der Waals surface area contributed by atoms with Crippen LogP contribution in [0.3, 0.4) is 0 Å². The second-order valence-electron chi connectivity index (χ2n) is 4.42. The Labute approximate surface area is 142 Å². The Kier molecular flexibility index (Phi) is 7.60. The summed E-state index contributed by atoms with van der Waals surface area (Å²) in [6.45, 7) is 3.06. The maximum Gasteiger partial charge on any atom is 0.193 e. The third kappa shape index (κ3) is 6.48. The quantitative estimate of drug-likeness (QED) is 0.352. The molecule has 0 bridgehead atoms. The molecule has 0 amide bonds. The van der Waals surface area contributed by atoms with E-state index in [9.17, 15) is 0 Å². The lowest BCUT2D eigenvalue weighted by Gasteiger charge is -2.07. The smallest absolute Gasteiger partial charge is 0.193 e. The molecule has 0 saturated heterocycles. The highest BCUT2D eigenvalue weighted by Gasteiger charge is 1.95. The molecular weight excluding hydrogens is 377 g/mol. The van der Waals surface area contributed by atoms with Gasteiger partial charge in [0.2, 0.25) is 0 Å². The summed E-state index contributed by atoms with van der Waals surface area (Å²) < 4.78 is 5.53. The molecule has 0 spiro atoms. The fourth-order valence-electron chi connectivity index (χ4n) is 1.67. The van der Waals surface area contributed by atoms with Crippen molar-refractivity contribution in [3.05, 3.63) is 60.2 Å². The normalized spacial score (nSPS) is 10.6. The Morgan fingerprint density at radius 3 is 2.43 bits per heavy atom. The Morgan fingerprint density at radius 1 is 1.10 bits per heavy atom. The van der Waals surface area contributed by atoms with E-state index in [4.69, 9.17) is 10.5 Å². The summed E-state index contributed by atoms with van der Waals surface area (Å²) in [5.74, 6) is 1.23. The average molecular weight is 397 g/mol. The molecule has 0 aliphatic carbocycles. The third-order valence-electron chi connectivity index (χ3n) is 2.71. The molecule has 4 nitrogen and oxygen atoms in total. The summed E-state index contributed by atoms with van der Waals surface area (Å²) in [6, 6.07) is 17.6. The van der Waals surface area contributed by atoms with Crippen molar-refractivity contribution in [1.29, 1.82) is 0 Å². The van der Waals surface area contributed by atoms with Crippen LogP contribution in [0.15, 0.2) is 59.6 Å². The minimum atomic E-state index is 0. The van der Waals surface area contributed by atoms with Crippen LogP contribution in [0.4, 0.5) is 5.69 Å². The topological polar surface area (TPSA) is 59.6 Å². The summed E-state index contributed by atoms with van der Waals surface area (Å²) in [5, 5.41) is 3.04. The number of guanidine groups is 1. The summed E-state index contributed by atoms with van der Waals surface area (Å²) in [6.07, 6.45) is 0. The molecule has 0 unspecified atom stereocenters. The van der Waals surface area contributed by atoms with Crippen LogP contribution < -0.4 is 15.8 Å². The van der Waals surface area contributed by atoms with Crippen molar-refractivity contribution in [3.63, 3.8) is 0 Å². The number of hydrogen-bond acceptors (Lipinski definition) is 2. The highest BCUT2D eigenvalue weighted by atomic mass is 127. The monoisotopic (exact) mass is 397 g/mol. The molecule has 0 radical (unpaired) electrons. The maximum absolute atomic E-state index is 5.81. The van der Waals surface area contributed by atoms with Gasteiger partial charge in [-0.25, -0.2) is 4.99 Å². The zero-order valence-corrected chi connectivity index (χ0v) is 14.3. The lowest BCUT2D eigenvalue weighted by Crippen LogP contribution is -2.23. The molecule has 2 aromatic carbocycles. The van der Waals surface area contributed by atoms with Crippen LogP contribution in [0.2, 0.25) is 0 Å². The van der Waals surface area contributed by atoms with Crippen molar-refractivity contribution in [2.24, 2.45) is 10.7 Å². The third-order valence-corrected chi connectivity index (χ3v) is 2.71. The van der Waals surface area contributed by atoms with Crippen LogP contribution >= 0.6 is 24.0 Å².